The summed E-state index contributed by atoms with van der Waals surface area (Å²) in [5.74, 6) is 0. The van der Waals surface area contributed by atoms with Crippen molar-refractivity contribution in [3.8, 4) is 0 Å². The Morgan fingerprint density at radius 2 is 1.08 bits per heavy atom. The van der Waals surface area contributed by atoms with Crippen LogP contribution >= 0.6 is 0 Å². The van der Waals surface area contributed by atoms with E-state index in [-0.39, 0.29) is 6.42 Å². The Bertz CT molecular complexity index is 783. The van der Waals surface area contributed by atoms with Crippen LogP contribution in [0.15, 0.2) is 0 Å². The lowest BCUT2D eigenvalue weighted by molar-refractivity contribution is -0.320. The highest BCUT2D eigenvalue weighted by Gasteiger charge is 2.51. The molecule has 3 fully saturated rings. The first kappa shape index (κ1) is 33.5. The fourth-order valence-corrected chi connectivity index (χ4v) is 4.40. The van der Waals surface area contributed by atoms with Crippen LogP contribution in [0.25, 0.3) is 0 Å². The van der Waals surface area contributed by atoms with Crippen molar-refractivity contribution < 1.29 is 72.2 Å². The first-order chi connectivity index (χ1) is 17.5. The van der Waals surface area contributed by atoms with E-state index in [0.717, 1.165) is 0 Å². The number of nitrogens with two attached hydrogens (primary N) is 4. The van der Waals surface area contributed by atoms with Crippen molar-refractivity contribution in [3.63, 3.8) is 0 Å². The van der Waals surface area contributed by atoms with E-state index in [4.69, 9.17) is 59.4 Å². The molecular formula is C18H38N4O15S. The van der Waals surface area contributed by atoms with Crippen LogP contribution in [0.5, 0.6) is 0 Å². The summed E-state index contributed by atoms with van der Waals surface area (Å²) < 4.78 is 53.9. The van der Waals surface area contributed by atoms with Crippen molar-refractivity contribution in [2.75, 3.05) is 13.2 Å². The molecule has 0 spiro atoms. The van der Waals surface area contributed by atoms with Crippen molar-refractivity contribution in [2.45, 2.75) is 98.1 Å². The van der Waals surface area contributed by atoms with Crippen molar-refractivity contribution in [1.82, 2.24) is 0 Å². The van der Waals surface area contributed by atoms with Gasteiger partial charge < -0.3 is 77.6 Å². The zero-order valence-corrected chi connectivity index (χ0v) is 20.8. The molecule has 1 saturated carbocycles. The first-order valence-electron chi connectivity index (χ1n) is 11.5. The molecule has 226 valence electrons. The van der Waals surface area contributed by atoms with Crippen molar-refractivity contribution >= 4 is 10.4 Å². The number of aliphatic hydroxyl groups excluding tert-OH is 7. The zero-order chi connectivity index (χ0) is 29.1. The Morgan fingerprint density at radius 3 is 1.55 bits per heavy atom. The van der Waals surface area contributed by atoms with Gasteiger partial charge in [-0.05, 0) is 6.42 Å². The van der Waals surface area contributed by atoms with Crippen molar-refractivity contribution in [2.24, 2.45) is 22.9 Å². The molecule has 2 saturated heterocycles. The largest absolute Gasteiger partial charge is 0.394 e. The highest BCUT2D eigenvalue weighted by molar-refractivity contribution is 7.79. The zero-order valence-electron chi connectivity index (χ0n) is 20.0. The fourth-order valence-electron chi connectivity index (χ4n) is 4.40. The Labute approximate surface area is 217 Å². The van der Waals surface area contributed by atoms with E-state index >= 15 is 0 Å². The lowest BCUT2D eigenvalue weighted by Gasteiger charge is -2.48. The van der Waals surface area contributed by atoms with E-state index in [1.165, 1.54) is 0 Å². The van der Waals surface area contributed by atoms with E-state index in [1.807, 2.05) is 0 Å². The molecule has 0 radical (unpaired) electrons. The summed E-state index contributed by atoms with van der Waals surface area (Å²) >= 11 is 0. The van der Waals surface area contributed by atoms with E-state index in [0.29, 0.717) is 0 Å². The predicted octanol–water partition coefficient (Wildman–Crippen LogP) is -7.94. The van der Waals surface area contributed by atoms with Crippen LogP contribution in [0.1, 0.15) is 6.42 Å². The van der Waals surface area contributed by atoms with Gasteiger partial charge in [-0.2, -0.15) is 8.42 Å². The van der Waals surface area contributed by atoms with E-state index in [2.05, 4.69) is 0 Å². The molecule has 3 aliphatic rings. The Kier molecular flexibility index (Phi) is 12.1. The summed E-state index contributed by atoms with van der Waals surface area (Å²) in [5.41, 5.74) is 23.9. The molecule has 17 N–H and O–H groups in total. The van der Waals surface area contributed by atoms with Gasteiger partial charge in [-0.1, -0.05) is 0 Å². The monoisotopic (exact) mass is 582 g/mol. The van der Waals surface area contributed by atoms with E-state index < -0.39 is 115 Å². The smallest absolute Gasteiger partial charge is 0.394 e. The normalized spacial score (nSPS) is 48.2. The highest BCUT2D eigenvalue weighted by Crippen LogP contribution is 2.31. The van der Waals surface area contributed by atoms with Crippen LogP contribution in [0.3, 0.4) is 0 Å². The van der Waals surface area contributed by atoms with Crippen LogP contribution in [0, 0.1) is 0 Å². The number of ether oxygens (including phenoxy) is 4. The number of aliphatic hydroxyl groups is 7. The van der Waals surface area contributed by atoms with Gasteiger partial charge in [0, 0.05) is 12.1 Å². The molecule has 0 aromatic carbocycles. The summed E-state index contributed by atoms with van der Waals surface area (Å²) in [6.07, 6.45) is -14.5. The maximum Gasteiger partial charge on any atom is 0.394 e. The summed E-state index contributed by atoms with van der Waals surface area (Å²) in [5, 5.41) is 70.1. The van der Waals surface area contributed by atoms with Crippen molar-refractivity contribution in [1.29, 1.82) is 0 Å². The molecule has 2 aliphatic heterocycles. The molecule has 1 aliphatic carbocycles. The van der Waals surface area contributed by atoms with Crippen molar-refractivity contribution in [3.05, 3.63) is 0 Å². The maximum atomic E-state index is 11.0. The number of rotatable bonds is 6. The van der Waals surface area contributed by atoms with Crippen LogP contribution in [0.4, 0.5) is 0 Å². The molecule has 20 heteroatoms. The molecule has 0 aromatic rings. The van der Waals surface area contributed by atoms with Gasteiger partial charge in [0.05, 0.1) is 25.3 Å². The minimum atomic E-state index is -4.67. The topological polar surface area (TPSA) is 357 Å². The van der Waals surface area contributed by atoms with Crippen LogP contribution < -0.4 is 22.9 Å². The lowest BCUT2D eigenvalue weighted by atomic mass is 9.84. The average Bonchev–Trinajstić information content (AvgIpc) is 2.83. The van der Waals surface area contributed by atoms with Crippen LogP contribution in [-0.2, 0) is 29.3 Å². The van der Waals surface area contributed by atoms with Gasteiger partial charge in [0.15, 0.2) is 12.6 Å². The minimum Gasteiger partial charge on any atom is -0.394 e. The van der Waals surface area contributed by atoms with Gasteiger partial charge in [0.1, 0.15) is 54.9 Å². The first-order valence-corrected chi connectivity index (χ1v) is 12.9. The number of hydrogen-bond donors (Lipinski definition) is 13. The molecule has 19 nitrogen and oxygen atoms in total. The molecule has 0 aromatic heterocycles. The molecule has 15 atom stereocenters. The molecular weight excluding hydrogens is 544 g/mol. The van der Waals surface area contributed by atoms with E-state index in [9.17, 15) is 35.7 Å². The molecule has 0 bridgehead atoms. The molecule has 0 amide bonds. The maximum absolute atomic E-state index is 11.0. The summed E-state index contributed by atoms with van der Waals surface area (Å²) in [4.78, 5) is 0. The second-order valence-electron chi connectivity index (χ2n) is 9.27. The fraction of sp³-hybridized carbons (Fsp3) is 1.00. The highest BCUT2D eigenvalue weighted by atomic mass is 32.3. The van der Waals surface area contributed by atoms with Gasteiger partial charge in [0.25, 0.3) is 0 Å². The lowest BCUT2D eigenvalue weighted by Crippen LogP contribution is -2.69. The second kappa shape index (κ2) is 13.8. The van der Waals surface area contributed by atoms with Gasteiger partial charge in [-0.3, -0.25) is 9.11 Å². The van der Waals surface area contributed by atoms with Gasteiger partial charge in [0.2, 0.25) is 0 Å². The quantitative estimate of drug-likeness (QED) is 0.129. The molecule has 0 unspecified atom stereocenters. The van der Waals surface area contributed by atoms with Gasteiger partial charge in [-0.25, -0.2) is 0 Å². The van der Waals surface area contributed by atoms with Crippen LogP contribution in [0.2, 0.25) is 0 Å². The van der Waals surface area contributed by atoms with E-state index in [1.54, 1.807) is 0 Å². The molecule has 3 rings (SSSR count). The third kappa shape index (κ3) is 8.15. The third-order valence-electron chi connectivity index (χ3n) is 6.51. The van der Waals surface area contributed by atoms with Gasteiger partial charge >= 0.3 is 10.4 Å². The average molecular weight is 583 g/mol. The van der Waals surface area contributed by atoms with Crippen LogP contribution in [-0.4, -0.2) is 158 Å². The minimum absolute atomic E-state index is 0.101. The Hall–Kier alpha value is -0.730. The second-order valence-corrected chi connectivity index (χ2v) is 10.2. The Morgan fingerprint density at radius 1 is 0.658 bits per heavy atom. The SMILES string of the molecule is N[C@@H]1[C@@H](O)[C@@H](O[C@@H]2[C@@H](O)[C@H](O[C@H]3O[C@H](CO)[C@@H](O)[C@H](O)[C@H]3N)[C@@H](N)C[C@H]2N)O[C@H](CO)[C@H]1O.O=S(=O)(O)O. The van der Waals surface area contributed by atoms with Gasteiger partial charge in [-0.15, -0.1) is 0 Å². The summed E-state index contributed by atoms with van der Waals surface area (Å²) in [6, 6.07) is -4.04. The molecule has 38 heavy (non-hydrogen) atoms. The third-order valence-corrected chi connectivity index (χ3v) is 6.51. The predicted molar refractivity (Wildman–Crippen MR) is 122 cm³/mol. The molecule has 2 heterocycles. The Balaban J connectivity index is 0.000000926. The summed E-state index contributed by atoms with van der Waals surface area (Å²) in [7, 11) is -4.67. The number of hydrogen-bond acceptors (Lipinski definition) is 17. The summed E-state index contributed by atoms with van der Waals surface area (Å²) in [6.45, 7) is -1.20. The standard InChI is InChI=1S/C18H36N4O11.H2O4S/c19-4-1-5(20)16(33-18-13(28)8(21)10(25)6(2-23)31-18)14(29)15(4)32-17-9(22)12(27)11(26)7(3-24)30-17;1-5(2,3)4/h4-18,23-29H,1-3,19-22H2;(H2,1,2,3,4)/t4-,5+,6+,7+,8-,9+,10+,11+,12+,13+,14-,15+,16-,17+,18+;/m0./s1.